The number of hydrogen-bond donors (Lipinski definition) is 3. The fourth-order valence-corrected chi connectivity index (χ4v) is 5.92. The number of aliphatic hydroxyl groups is 2. The molecule has 304 valence electrons. The highest BCUT2D eigenvalue weighted by Crippen LogP contribution is 2.43. The fourth-order valence-electron chi connectivity index (χ4n) is 5.13. The van der Waals surface area contributed by atoms with Gasteiger partial charge in [-0.25, -0.2) is 4.57 Å². The number of hydrogen-bond acceptors (Lipinski definition) is 10. The molecular weight excluding hydrogens is 699 g/mol. The third-order valence-electron chi connectivity index (χ3n) is 8.28. The first-order valence-corrected chi connectivity index (χ1v) is 21.2. The largest absolute Gasteiger partial charge is 0.472 e. The maximum absolute atomic E-state index is 12.5. The van der Waals surface area contributed by atoms with E-state index in [1.807, 2.05) is 12.2 Å². The molecule has 0 aromatic heterocycles. The number of unbranched alkanes of at least 4 members (excludes halogenated alkanes) is 6. The molecular formula is C41H69O11P. The zero-order chi connectivity index (χ0) is 39.0. The lowest BCUT2D eigenvalue weighted by molar-refractivity contribution is -0.161. The van der Waals surface area contributed by atoms with Crippen LogP contribution in [-0.4, -0.2) is 77.9 Å². The summed E-state index contributed by atoms with van der Waals surface area (Å²) in [5.74, 6) is -0.308. The molecule has 1 aliphatic rings. The molecule has 1 heterocycles. The first-order valence-electron chi connectivity index (χ1n) is 19.7. The van der Waals surface area contributed by atoms with Crippen molar-refractivity contribution in [3.8, 4) is 0 Å². The zero-order valence-electron chi connectivity index (χ0n) is 32.6. The van der Waals surface area contributed by atoms with Crippen LogP contribution in [0.2, 0.25) is 0 Å². The number of esters is 2. The molecule has 1 rings (SSSR count). The highest BCUT2D eigenvalue weighted by molar-refractivity contribution is 7.47. The van der Waals surface area contributed by atoms with E-state index in [9.17, 15) is 24.2 Å². The highest BCUT2D eigenvalue weighted by Gasteiger charge is 2.36. The van der Waals surface area contributed by atoms with Gasteiger partial charge in [-0.3, -0.25) is 18.6 Å². The third-order valence-corrected chi connectivity index (χ3v) is 9.23. The van der Waals surface area contributed by atoms with Crippen molar-refractivity contribution in [2.45, 2.75) is 154 Å². The summed E-state index contributed by atoms with van der Waals surface area (Å²) in [5.41, 5.74) is 0. The van der Waals surface area contributed by atoms with Crippen molar-refractivity contribution in [2.75, 3.05) is 26.4 Å². The van der Waals surface area contributed by atoms with Gasteiger partial charge in [0, 0.05) is 12.8 Å². The maximum Gasteiger partial charge on any atom is 0.472 e. The van der Waals surface area contributed by atoms with Crippen molar-refractivity contribution in [1.29, 1.82) is 0 Å². The normalized spacial score (nSPS) is 18.5. The van der Waals surface area contributed by atoms with Gasteiger partial charge in [0.25, 0.3) is 0 Å². The Morgan fingerprint density at radius 2 is 1.26 bits per heavy atom. The molecule has 0 saturated carbocycles. The van der Waals surface area contributed by atoms with Crippen LogP contribution in [0.15, 0.2) is 60.8 Å². The van der Waals surface area contributed by atoms with Gasteiger partial charge < -0.3 is 29.3 Å². The Bertz CT molecular complexity index is 1150. The monoisotopic (exact) mass is 768 g/mol. The molecule has 0 aromatic carbocycles. The summed E-state index contributed by atoms with van der Waals surface area (Å²) in [5, 5.41) is 18.3. The number of rotatable bonds is 34. The lowest BCUT2D eigenvalue weighted by atomic mass is 10.0. The predicted octanol–water partition coefficient (Wildman–Crippen LogP) is 8.78. The molecule has 0 amide bonds. The predicted molar refractivity (Wildman–Crippen MR) is 209 cm³/mol. The van der Waals surface area contributed by atoms with E-state index in [1.165, 1.54) is 25.7 Å². The second-order valence-corrected chi connectivity index (χ2v) is 15.2. The van der Waals surface area contributed by atoms with E-state index in [-0.39, 0.29) is 19.4 Å². The van der Waals surface area contributed by atoms with Crippen LogP contribution in [-0.2, 0) is 37.4 Å². The second kappa shape index (κ2) is 31.9. The Morgan fingerprint density at radius 3 is 1.87 bits per heavy atom. The van der Waals surface area contributed by atoms with Crippen LogP contribution in [0.3, 0.4) is 0 Å². The summed E-state index contributed by atoms with van der Waals surface area (Å²) in [6.45, 7) is 4.38. The topological polar surface area (TPSA) is 161 Å². The van der Waals surface area contributed by atoms with E-state index < -0.39 is 51.8 Å². The number of epoxide rings is 1. The minimum atomic E-state index is -4.63. The zero-order valence-corrected chi connectivity index (χ0v) is 33.5. The quantitative estimate of drug-likeness (QED) is 0.0189. The average molecular weight is 769 g/mol. The molecule has 0 aliphatic carbocycles. The van der Waals surface area contributed by atoms with Crippen molar-refractivity contribution < 1.29 is 52.5 Å². The summed E-state index contributed by atoms with van der Waals surface area (Å²) in [6.07, 6.45) is 34.2. The van der Waals surface area contributed by atoms with Gasteiger partial charge in [-0.2, -0.15) is 0 Å². The van der Waals surface area contributed by atoms with E-state index in [2.05, 4.69) is 73.9 Å². The van der Waals surface area contributed by atoms with Crippen LogP contribution in [0.4, 0.5) is 0 Å². The molecule has 12 heteroatoms. The number of carbonyl (C=O) groups is 2. The van der Waals surface area contributed by atoms with Crippen LogP contribution in [0.5, 0.6) is 0 Å². The van der Waals surface area contributed by atoms with Crippen LogP contribution < -0.4 is 0 Å². The molecule has 5 atom stereocenters. The molecule has 3 N–H and O–H groups in total. The molecule has 3 unspecified atom stereocenters. The Balaban J connectivity index is 2.31. The molecule has 0 spiro atoms. The van der Waals surface area contributed by atoms with Crippen molar-refractivity contribution in [3.63, 3.8) is 0 Å². The number of ether oxygens (including phenoxy) is 3. The second-order valence-electron chi connectivity index (χ2n) is 13.8. The van der Waals surface area contributed by atoms with Gasteiger partial charge in [0.15, 0.2) is 6.10 Å². The first kappa shape index (κ1) is 48.6. The summed E-state index contributed by atoms with van der Waals surface area (Å²) in [4.78, 5) is 34.8. The lowest BCUT2D eigenvalue weighted by Crippen LogP contribution is -2.29. The lowest BCUT2D eigenvalue weighted by Gasteiger charge is -2.20. The molecule has 0 aromatic rings. The van der Waals surface area contributed by atoms with Crippen LogP contribution in [0.25, 0.3) is 0 Å². The van der Waals surface area contributed by atoms with Crippen molar-refractivity contribution in [2.24, 2.45) is 5.92 Å². The summed E-state index contributed by atoms with van der Waals surface area (Å²) in [6, 6.07) is 0. The van der Waals surface area contributed by atoms with Gasteiger partial charge in [-0.15, -0.1) is 0 Å². The van der Waals surface area contributed by atoms with Crippen molar-refractivity contribution >= 4 is 19.8 Å². The number of phosphoric acid groups is 1. The molecule has 1 fully saturated rings. The number of phosphoric ester groups is 1. The summed E-state index contributed by atoms with van der Waals surface area (Å²) in [7, 11) is -4.63. The number of carbonyl (C=O) groups excluding carboxylic acids is 2. The van der Waals surface area contributed by atoms with Gasteiger partial charge in [0.1, 0.15) is 12.7 Å². The van der Waals surface area contributed by atoms with E-state index >= 15 is 0 Å². The van der Waals surface area contributed by atoms with E-state index in [1.54, 1.807) is 0 Å². The SMILES string of the molecule is CC/C=C\CC1OC1C/C=C\C/C=C\C/C=C\C/C=C\CCC(=O)OC[C@H](COP(=O)(O)OC[C@@H](O)CO)OC(=O)CCCCCCCCCC(C)C. The standard InChI is InChI=1S/C41H69O11P/c1-4-5-21-27-38-39(52-38)28-23-18-14-10-8-6-7-9-11-15-19-24-29-40(44)48-33-37(34-50-53(46,47)49-32-36(43)31-42)51-41(45)30-25-20-16-12-13-17-22-26-35(2)3/h5,7-10,15,18-19,21,23,35-39,42-43H,4,6,11-14,16-17,20,22,24-34H2,1-3H3,(H,46,47)/b9-7-,10-8-,19-15-,21-5-,23-18-/t36-,37+,38?,39?/m0/s1. The van der Waals surface area contributed by atoms with E-state index in [4.69, 9.17) is 23.8 Å². The number of allylic oxidation sites excluding steroid dienone is 8. The van der Waals surface area contributed by atoms with Gasteiger partial charge in [-0.05, 0) is 57.3 Å². The first-order chi connectivity index (χ1) is 25.6. The van der Waals surface area contributed by atoms with Crippen LogP contribution in [0, 0.1) is 5.92 Å². The van der Waals surface area contributed by atoms with Crippen LogP contribution in [0.1, 0.15) is 130 Å². The molecule has 53 heavy (non-hydrogen) atoms. The number of aliphatic hydroxyl groups excluding tert-OH is 2. The van der Waals surface area contributed by atoms with E-state index in [0.29, 0.717) is 25.0 Å². The van der Waals surface area contributed by atoms with Crippen molar-refractivity contribution in [3.05, 3.63) is 60.8 Å². The van der Waals surface area contributed by atoms with Gasteiger partial charge in [0.2, 0.25) is 0 Å². The third kappa shape index (κ3) is 30.6. The molecule has 0 bridgehead atoms. The Morgan fingerprint density at radius 1 is 0.717 bits per heavy atom. The summed E-state index contributed by atoms with van der Waals surface area (Å²) >= 11 is 0. The van der Waals surface area contributed by atoms with Crippen LogP contribution >= 0.6 is 7.82 Å². The molecule has 1 aliphatic heterocycles. The van der Waals surface area contributed by atoms with Gasteiger partial charge in [-0.1, -0.05) is 126 Å². The van der Waals surface area contributed by atoms with E-state index in [0.717, 1.165) is 63.7 Å². The minimum absolute atomic E-state index is 0.111. The van der Waals surface area contributed by atoms with Gasteiger partial charge in [0.05, 0.1) is 32.0 Å². The molecule has 11 nitrogen and oxygen atoms in total. The summed E-state index contributed by atoms with van der Waals surface area (Å²) < 4.78 is 38.2. The van der Waals surface area contributed by atoms with Crippen molar-refractivity contribution in [1.82, 2.24) is 0 Å². The smallest absolute Gasteiger partial charge is 0.462 e. The Labute approximate surface area is 319 Å². The fraction of sp³-hybridized carbons (Fsp3) is 0.707. The van der Waals surface area contributed by atoms with Gasteiger partial charge >= 0.3 is 19.8 Å². The average Bonchev–Trinajstić information content (AvgIpc) is 3.88. The minimum Gasteiger partial charge on any atom is -0.462 e. The highest BCUT2D eigenvalue weighted by atomic mass is 31.2. The molecule has 1 saturated heterocycles. The Hall–Kier alpha value is -2.37. The maximum atomic E-state index is 12.5. The molecule has 0 radical (unpaired) electrons. The Kier molecular flexibility index (Phi) is 29.3.